The van der Waals surface area contributed by atoms with Crippen molar-refractivity contribution >= 4 is 41.7 Å². The maximum Gasteiger partial charge on any atom is 0.407 e. The molecular formula is C63H71ClN10O6. The lowest BCUT2D eigenvalue weighted by Gasteiger charge is -2.21. The number of anilines is 2. The van der Waals surface area contributed by atoms with Gasteiger partial charge in [-0.1, -0.05) is 72.8 Å². The number of aromatic nitrogens is 4. The van der Waals surface area contributed by atoms with Crippen LogP contribution in [0.2, 0.25) is 0 Å². The number of nitrogens with zero attached hydrogens (tertiary/aromatic N) is 4. The second-order valence-electron chi connectivity index (χ2n) is 21.5. The number of nitrogens with two attached hydrogens (primary N) is 1. The van der Waals surface area contributed by atoms with Gasteiger partial charge in [-0.3, -0.25) is 9.59 Å². The van der Waals surface area contributed by atoms with E-state index in [0.29, 0.717) is 52.5 Å². The first kappa shape index (κ1) is 57.9. The molecule has 8 aromatic rings. The highest BCUT2D eigenvalue weighted by Gasteiger charge is 2.26. The Bertz CT molecular complexity index is 3400. The van der Waals surface area contributed by atoms with Gasteiger partial charge < -0.3 is 47.3 Å². The van der Waals surface area contributed by atoms with Crippen LogP contribution in [0.4, 0.5) is 16.2 Å². The van der Waals surface area contributed by atoms with Gasteiger partial charge in [0, 0.05) is 24.5 Å². The Hall–Kier alpha value is -8.28. The number of rotatable bonds is 19. The molecule has 2 unspecified atom stereocenters. The normalized spacial score (nSPS) is 13.7. The first-order valence-corrected chi connectivity index (χ1v) is 26.9. The van der Waals surface area contributed by atoms with E-state index in [2.05, 4.69) is 42.8 Å². The van der Waals surface area contributed by atoms with Gasteiger partial charge in [-0.15, -0.1) is 12.4 Å². The molecule has 0 bridgehead atoms. The van der Waals surface area contributed by atoms with Gasteiger partial charge in [-0.05, 0) is 204 Å². The highest BCUT2D eigenvalue weighted by atomic mass is 35.5. The molecule has 0 spiro atoms. The number of nitrogens with one attached hydrogen (secondary N) is 5. The topological polar surface area (TPSA) is 223 Å². The first-order chi connectivity index (χ1) is 38.0. The standard InChI is InChI=1S/C34H39N5O4.C29H31N5O2.ClH/c1-22-17-30(39(38-22)28-10-5-7-24(18-28)21-36-33(42)43-34(2,3)4)32(41)37-27-9-6-8-26(19-27)31(35-20-23-11-12-23)25-13-15-29(40)16-14-25;1-19-14-27(34(33-19)25-7-2-4-21(15-25)17-30)29(36)32-24-6-3-5-23(16-24)28(31-18-20-8-9-20)22-10-12-26(35)13-11-22;/h5-10,13-19,23,31,35,40H,11-12,20-21H2,1-4H3,(H,36,42)(H,37,41);2-7,10-16,20,28,31,35H,8-9,17-18,30H2,1H3,(H,32,36);1H. The van der Waals surface area contributed by atoms with E-state index < -0.39 is 11.7 Å². The maximum absolute atomic E-state index is 13.6. The van der Waals surface area contributed by atoms with Crippen molar-refractivity contribution in [2.24, 2.45) is 17.6 Å². The van der Waals surface area contributed by atoms with Gasteiger partial charge in [0.2, 0.25) is 0 Å². The number of phenolic OH excluding ortho intramolecular Hbond substituents is 2. The van der Waals surface area contributed by atoms with Crippen molar-refractivity contribution < 1.29 is 29.3 Å². The third-order valence-corrected chi connectivity index (χ3v) is 13.5. The summed E-state index contributed by atoms with van der Waals surface area (Å²) in [5.74, 6) is 1.35. The molecule has 2 aliphatic carbocycles. The number of ether oxygens (including phenoxy) is 1. The van der Waals surface area contributed by atoms with Crippen LogP contribution in [0.25, 0.3) is 11.4 Å². The van der Waals surface area contributed by atoms with Crippen molar-refractivity contribution in [2.75, 3.05) is 23.7 Å². The summed E-state index contributed by atoms with van der Waals surface area (Å²) in [6.45, 7) is 11.7. The minimum atomic E-state index is -0.583. The van der Waals surface area contributed by atoms with Gasteiger partial charge >= 0.3 is 6.09 Å². The number of alkyl carbamates (subject to hydrolysis) is 1. The average molecular weight is 1100 g/mol. The first-order valence-electron chi connectivity index (χ1n) is 26.9. The highest BCUT2D eigenvalue weighted by Crippen LogP contribution is 2.33. The van der Waals surface area contributed by atoms with E-state index in [9.17, 15) is 24.6 Å². The predicted molar refractivity (Wildman–Crippen MR) is 315 cm³/mol. The summed E-state index contributed by atoms with van der Waals surface area (Å²) in [6, 6.07) is 48.8. The van der Waals surface area contributed by atoms with Crippen LogP contribution in [0.1, 0.15) is 124 Å². The predicted octanol–water partition coefficient (Wildman–Crippen LogP) is 11.4. The van der Waals surface area contributed by atoms with Crippen LogP contribution >= 0.6 is 12.4 Å². The number of benzene rings is 6. The minimum Gasteiger partial charge on any atom is -0.508 e. The molecule has 2 fully saturated rings. The number of amides is 3. The molecule has 10 rings (SSSR count). The Balaban J connectivity index is 0.000000211. The molecule has 2 aliphatic rings. The lowest BCUT2D eigenvalue weighted by molar-refractivity contribution is 0.0523. The second-order valence-corrected chi connectivity index (χ2v) is 21.5. The number of aryl methyl sites for hydroxylation is 2. The summed E-state index contributed by atoms with van der Waals surface area (Å²) >= 11 is 0. The zero-order valence-corrected chi connectivity index (χ0v) is 46.6. The quantitative estimate of drug-likeness (QED) is 0.0380. The Morgan fingerprint density at radius 2 is 1.01 bits per heavy atom. The molecule has 0 saturated heterocycles. The molecule has 17 heteroatoms. The van der Waals surface area contributed by atoms with E-state index in [1.165, 1.54) is 25.7 Å². The molecule has 9 N–H and O–H groups in total. The van der Waals surface area contributed by atoms with E-state index in [0.717, 1.165) is 57.9 Å². The monoisotopic (exact) mass is 1100 g/mol. The van der Waals surface area contributed by atoms with E-state index in [-0.39, 0.29) is 54.3 Å². The summed E-state index contributed by atoms with van der Waals surface area (Å²) in [5, 5.41) is 44.9. The van der Waals surface area contributed by atoms with Crippen LogP contribution in [-0.2, 0) is 17.8 Å². The Labute approximate surface area is 473 Å². The van der Waals surface area contributed by atoms with Gasteiger partial charge in [0.05, 0.1) is 34.8 Å². The van der Waals surface area contributed by atoms with Crippen LogP contribution in [0.15, 0.2) is 158 Å². The molecule has 6 aromatic carbocycles. The zero-order valence-electron chi connectivity index (χ0n) is 45.8. The van der Waals surface area contributed by atoms with Crippen molar-refractivity contribution in [3.8, 4) is 22.9 Å². The number of hydrogen-bond donors (Lipinski definition) is 8. The fraction of sp³-hybridized carbons (Fsp3) is 0.286. The van der Waals surface area contributed by atoms with Gasteiger partial charge in [0.1, 0.15) is 28.5 Å². The lowest BCUT2D eigenvalue weighted by Crippen LogP contribution is -2.32. The third kappa shape index (κ3) is 15.9. The summed E-state index contributed by atoms with van der Waals surface area (Å²) in [7, 11) is 0. The van der Waals surface area contributed by atoms with Crippen LogP contribution in [0, 0.1) is 25.7 Å². The molecule has 0 radical (unpaired) electrons. The van der Waals surface area contributed by atoms with Crippen LogP contribution in [0.5, 0.6) is 11.5 Å². The Kier molecular flexibility index (Phi) is 18.9. The number of phenols is 2. The van der Waals surface area contributed by atoms with Crippen molar-refractivity contribution in [1.29, 1.82) is 0 Å². The summed E-state index contributed by atoms with van der Waals surface area (Å²) in [4.78, 5) is 39.0. The van der Waals surface area contributed by atoms with E-state index >= 15 is 0 Å². The number of hydrogen-bond acceptors (Lipinski definition) is 11. The summed E-state index contributed by atoms with van der Waals surface area (Å²) in [6.07, 6.45) is 4.49. The SMILES string of the molecule is Cc1cc(C(=O)Nc2cccc(C(NCC3CC3)c3ccc(O)cc3)c2)n(-c2cccc(CN)c2)n1.Cc1cc(C(=O)Nc2cccc(C(NCC3CC3)c3ccc(O)cc3)c2)n(-c2cccc(CNC(=O)OC(C)(C)C)c2)n1.Cl. The van der Waals surface area contributed by atoms with Crippen molar-refractivity contribution in [3.63, 3.8) is 0 Å². The molecule has 2 saturated carbocycles. The Morgan fingerprint density at radius 1 is 0.588 bits per heavy atom. The van der Waals surface area contributed by atoms with Crippen molar-refractivity contribution in [2.45, 2.75) is 91.1 Å². The minimum absolute atomic E-state index is 0. The molecule has 2 heterocycles. The Morgan fingerprint density at radius 3 is 1.44 bits per heavy atom. The van der Waals surface area contributed by atoms with Gasteiger partial charge in [-0.2, -0.15) is 10.2 Å². The molecule has 416 valence electrons. The molecule has 80 heavy (non-hydrogen) atoms. The number of aromatic hydroxyl groups is 2. The average Bonchev–Trinajstić information content (AvgIpc) is 4.40. The fourth-order valence-corrected chi connectivity index (χ4v) is 9.20. The molecule has 2 aromatic heterocycles. The fourth-order valence-electron chi connectivity index (χ4n) is 9.20. The summed E-state index contributed by atoms with van der Waals surface area (Å²) < 4.78 is 8.60. The number of carbonyl (C=O) groups excluding carboxylic acids is 3. The molecule has 16 nitrogen and oxygen atoms in total. The van der Waals surface area contributed by atoms with Crippen LogP contribution < -0.4 is 32.3 Å². The zero-order chi connectivity index (χ0) is 55.6. The van der Waals surface area contributed by atoms with Gasteiger partial charge in [-0.25, -0.2) is 14.2 Å². The molecule has 0 aliphatic heterocycles. The van der Waals surface area contributed by atoms with Crippen LogP contribution in [0.3, 0.4) is 0 Å². The van der Waals surface area contributed by atoms with Gasteiger partial charge in [0.15, 0.2) is 0 Å². The maximum atomic E-state index is 13.6. The van der Waals surface area contributed by atoms with E-state index in [1.807, 2.05) is 150 Å². The third-order valence-electron chi connectivity index (χ3n) is 13.5. The summed E-state index contributed by atoms with van der Waals surface area (Å²) in [5.41, 5.74) is 16.4. The van der Waals surface area contributed by atoms with Gasteiger partial charge in [0.25, 0.3) is 11.8 Å². The van der Waals surface area contributed by atoms with Crippen LogP contribution in [-0.4, -0.2) is 66.4 Å². The largest absolute Gasteiger partial charge is 0.508 e. The molecule has 2 atom stereocenters. The number of halogens is 1. The lowest BCUT2D eigenvalue weighted by atomic mass is 9.97. The number of carbonyl (C=O) groups is 3. The molecule has 3 amide bonds. The van der Waals surface area contributed by atoms with Crippen molar-refractivity contribution in [3.05, 3.63) is 214 Å². The van der Waals surface area contributed by atoms with Crippen molar-refractivity contribution in [1.82, 2.24) is 35.5 Å². The molecular weight excluding hydrogens is 1030 g/mol. The van der Waals surface area contributed by atoms with E-state index in [4.69, 9.17) is 10.5 Å². The second kappa shape index (κ2) is 26.1. The smallest absolute Gasteiger partial charge is 0.407 e. The van der Waals surface area contributed by atoms with E-state index in [1.54, 1.807) is 45.8 Å². The highest BCUT2D eigenvalue weighted by molar-refractivity contribution is 6.04.